The zero-order chi connectivity index (χ0) is 21.8. The van der Waals surface area contributed by atoms with Gasteiger partial charge in [-0.25, -0.2) is 4.98 Å². The van der Waals surface area contributed by atoms with Crippen LogP contribution in [0.4, 0.5) is 13.2 Å². The van der Waals surface area contributed by atoms with Crippen molar-refractivity contribution in [3.8, 4) is 0 Å². The molecule has 3 rings (SSSR count). The Morgan fingerprint density at radius 3 is 2.59 bits per heavy atom. The minimum absolute atomic E-state index is 0.0854. The summed E-state index contributed by atoms with van der Waals surface area (Å²) < 4.78 is 44.3. The number of ketones is 2. The summed E-state index contributed by atoms with van der Waals surface area (Å²) >= 11 is 0. The van der Waals surface area contributed by atoms with Gasteiger partial charge in [-0.3, -0.25) is 9.59 Å². The van der Waals surface area contributed by atoms with Gasteiger partial charge in [0.25, 0.3) is 0 Å². The molecule has 162 valence electrons. The zero-order valence-corrected chi connectivity index (χ0v) is 17.0. The van der Waals surface area contributed by atoms with E-state index in [4.69, 9.17) is 4.74 Å². The second kappa shape index (κ2) is 9.80. The maximum Gasteiger partial charge on any atom is 0.433 e. The van der Waals surface area contributed by atoms with Crippen molar-refractivity contribution in [2.24, 2.45) is 17.8 Å². The van der Waals surface area contributed by atoms with E-state index >= 15 is 0 Å². The number of nitrogens with zero attached hydrogens (tertiary/aromatic N) is 1. The van der Waals surface area contributed by atoms with Crippen LogP contribution < -0.4 is 0 Å². The molecule has 0 amide bonds. The molecular formula is C21H28F3NO4. The number of aromatic nitrogens is 1. The number of carbonyl (C=O) groups is 2. The van der Waals surface area contributed by atoms with Gasteiger partial charge in [0, 0.05) is 18.1 Å². The molecule has 1 N–H and O–H groups in total. The lowest BCUT2D eigenvalue weighted by Crippen LogP contribution is -2.45. The number of ether oxygens (including phenoxy) is 1. The van der Waals surface area contributed by atoms with Gasteiger partial charge in [-0.15, -0.1) is 0 Å². The number of Topliss-reactive ketones (excluding diaryl/α,β-unsaturated/α-hetero) is 2. The first kappa shape index (κ1) is 23.5. The van der Waals surface area contributed by atoms with Crippen molar-refractivity contribution < 1.29 is 32.6 Å². The molecule has 2 aliphatic carbocycles. The Balaban J connectivity index is 0.00000145. The van der Waals surface area contributed by atoms with E-state index in [0.29, 0.717) is 32.3 Å². The van der Waals surface area contributed by atoms with Crippen molar-refractivity contribution in [3.05, 3.63) is 29.1 Å². The monoisotopic (exact) mass is 415 g/mol. The molecule has 0 saturated heterocycles. The molecule has 1 heterocycles. The molecule has 0 spiro atoms. The van der Waals surface area contributed by atoms with Crippen LogP contribution in [0.25, 0.3) is 0 Å². The van der Waals surface area contributed by atoms with Crippen LogP contribution in [0.15, 0.2) is 12.1 Å². The lowest BCUT2D eigenvalue weighted by molar-refractivity contribution is -0.141. The summed E-state index contributed by atoms with van der Waals surface area (Å²) in [5.41, 5.74) is -1.36. The van der Waals surface area contributed by atoms with E-state index in [0.717, 1.165) is 12.1 Å². The predicted molar refractivity (Wildman–Crippen MR) is 100 cm³/mol. The highest BCUT2D eigenvalue weighted by Crippen LogP contribution is 2.44. The maximum atomic E-state index is 13.0. The number of rotatable bonds is 6. The lowest BCUT2D eigenvalue weighted by atomic mass is 9.74. The summed E-state index contributed by atoms with van der Waals surface area (Å²) in [5, 5.41) is 10.5. The predicted octanol–water partition coefficient (Wildman–Crippen LogP) is 4.21. The van der Waals surface area contributed by atoms with Crippen molar-refractivity contribution in [2.45, 2.75) is 65.3 Å². The third-order valence-electron chi connectivity index (χ3n) is 5.41. The molecule has 4 unspecified atom stereocenters. The van der Waals surface area contributed by atoms with Crippen molar-refractivity contribution in [2.75, 3.05) is 6.61 Å². The fourth-order valence-electron chi connectivity index (χ4n) is 4.04. The first-order valence-electron chi connectivity index (χ1n) is 10.1. The summed E-state index contributed by atoms with van der Waals surface area (Å²) in [5.74, 6) is -2.60. The summed E-state index contributed by atoms with van der Waals surface area (Å²) in [6.45, 7) is 5.89. The number of carbonyl (C=O) groups excluding carboxylic acids is 2. The van der Waals surface area contributed by atoms with E-state index in [2.05, 4.69) is 4.98 Å². The number of hydrogen-bond acceptors (Lipinski definition) is 5. The Labute approximate surface area is 168 Å². The van der Waals surface area contributed by atoms with Gasteiger partial charge in [0.05, 0.1) is 18.4 Å². The molecule has 0 radical (unpaired) electrons. The van der Waals surface area contributed by atoms with Crippen LogP contribution in [-0.2, 0) is 22.3 Å². The fraction of sp³-hybridized carbons (Fsp3) is 0.667. The van der Waals surface area contributed by atoms with Gasteiger partial charge in [-0.05, 0) is 43.7 Å². The van der Waals surface area contributed by atoms with Gasteiger partial charge in [0.2, 0.25) is 0 Å². The van der Waals surface area contributed by atoms with Crippen molar-refractivity contribution in [3.63, 3.8) is 0 Å². The maximum absolute atomic E-state index is 13.0. The second-order valence-electron chi connectivity index (χ2n) is 7.25. The summed E-state index contributed by atoms with van der Waals surface area (Å²) in [4.78, 5) is 29.2. The largest absolute Gasteiger partial charge is 0.433 e. The molecule has 2 bridgehead atoms. The van der Waals surface area contributed by atoms with Gasteiger partial charge in [0.1, 0.15) is 17.4 Å². The van der Waals surface area contributed by atoms with E-state index in [1.807, 2.05) is 20.8 Å². The number of aliphatic hydroxyl groups excluding tert-OH is 1. The van der Waals surface area contributed by atoms with Crippen molar-refractivity contribution in [1.29, 1.82) is 0 Å². The number of aliphatic hydroxyl groups is 1. The molecule has 2 fully saturated rings. The van der Waals surface area contributed by atoms with Crippen LogP contribution in [0.3, 0.4) is 0 Å². The zero-order valence-electron chi connectivity index (χ0n) is 17.0. The van der Waals surface area contributed by atoms with Gasteiger partial charge in [0.15, 0.2) is 5.78 Å². The Bertz CT molecular complexity index is 735. The molecule has 2 aliphatic rings. The topological polar surface area (TPSA) is 76.5 Å². The van der Waals surface area contributed by atoms with Crippen molar-refractivity contribution in [1.82, 2.24) is 4.98 Å². The number of hydrogen-bond donors (Lipinski definition) is 1. The fourth-order valence-corrected chi connectivity index (χ4v) is 4.04. The Morgan fingerprint density at radius 2 is 1.97 bits per heavy atom. The standard InChI is InChI=1S/C19H22F3NO4.C2H6/c1-2-7-27-9-13-12(5-6-14(23-13)19(20,21)22)18(26)15-16(24)10-3-4-11(8-10)17(15)25;1-2/h5-6,10-11,15-16,24H,2-4,7-9H2,1H3;1-2H3. The number of fused-ring (bicyclic) bond motifs is 2. The Morgan fingerprint density at radius 1 is 1.28 bits per heavy atom. The quantitative estimate of drug-likeness (QED) is 0.428. The normalized spacial score (nSPS) is 26.1. The first-order valence-corrected chi connectivity index (χ1v) is 10.1. The van der Waals surface area contributed by atoms with Gasteiger partial charge < -0.3 is 9.84 Å². The second-order valence-corrected chi connectivity index (χ2v) is 7.25. The van der Waals surface area contributed by atoms with Gasteiger partial charge >= 0.3 is 6.18 Å². The molecule has 4 atom stereocenters. The molecule has 5 nitrogen and oxygen atoms in total. The minimum atomic E-state index is -4.65. The van der Waals surface area contributed by atoms with E-state index in [9.17, 15) is 27.9 Å². The van der Waals surface area contributed by atoms with Crippen LogP contribution in [0.1, 0.15) is 68.2 Å². The van der Waals surface area contributed by atoms with Gasteiger partial charge in [-0.1, -0.05) is 20.8 Å². The average Bonchev–Trinajstić information content (AvgIpc) is 3.15. The van der Waals surface area contributed by atoms with E-state index in [1.165, 1.54) is 0 Å². The highest BCUT2D eigenvalue weighted by Gasteiger charge is 2.50. The number of halogens is 3. The van der Waals surface area contributed by atoms with Crippen LogP contribution in [0, 0.1) is 17.8 Å². The third-order valence-corrected chi connectivity index (χ3v) is 5.41. The van der Waals surface area contributed by atoms with Crippen LogP contribution in [0.5, 0.6) is 0 Å². The smallest absolute Gasteiger partial charge is 0.392 e. The number of pyridine rings is 1. The number of alkyl halides is 3. The van der Waals surface area contributed by atoms with Crippen molar-refractivity contribution >= 4 is 11.6 Å². The molecule has 0 aliphatic heterocycles. The summed E-state index contributed by atoms with van der Waals surface area (Å²) in [7, 11) is 0. The molecule has 8 heteroatoms. The van der Waals surface area contributed by atoms with Crippen LogP contribution in [-0.4, -0.2) is 34.4 Å². The van der Waals surface area contributed by atoms with E-state index in [-0.39, 0.29) is 35.5 Å². The average molecular weight is 415 g/mol. The van der Waals surface area contributed by atoms with E-state index < -0.39 is 29.7 Å². The van der Waals surface area contributed by atoms with Crippen LogP contribution >= 0.6 is 0 Å². The van der Waals surface area contributed by atoms with E-state index in [1.54, 1.807) is 0 Å². The Hall–Kier alpha value is -1.80. The van der Waals surface area contributed by atoms with Gasteiger partial charge in [-0.2, -0.15) is 13.2 Å². The molecule has 29 heavy (non-hydrogen) atoms. The minimum Gasteiger partial charge on any atom is -0.392 e. The Kier molecular flexibility index (Phi) is 7.94. The molecule has 1 aromatic rings. The molecule has 1 aromatic heterocycles. The highest BCUT2D eigenvalue weighted by atomic mass is 19.4. The first-order chi connectivity index (χ1) is 13.7. The summed E-state index contributed by atoms with van der Waals surface area (Å²) in [6, 6.07) is 1.77. The lowest BCUT2D eigenvalue weighted by Gasteiger charge is -2.31. The SMILES string of the molecule is CC.CCCOCc1nc(C(F)(F)F)ccc1C(=O)C1C(=O)C2CCC(C2)C1O. The summed E-state index contributed by atoms with van der Waals surface area (Å²) in [6.07, 6.45) is -3.20. The molecular weight excluding hydrogens is 387 g/mol. The van der Waals surface area contributed by atoms with Crippen LogP contribution in [0.2, 0.25) is 0 Å². The molecule has 2 saturated carbocycles. The molecule has 0 aromatic carbocycles. The highest BCUT2D eigenvalue weighted by molar-refractivity contribution is 6.12. The third kappa shape index (κ3) is 5.04.